The summed E-state index contributed by atoms with van der Waals surface area (Å²) in [7, 11) is 3.96. The van der Waals surface area contributed by atoms with Crippen LogP contribution in [0.15, 0.2) is 0 Å². The maximum absolute atomic E-state index is 10.8. The first-order valence-electron chi connectivity index (χ1n) is 12.7. The molecule has 2 N–H and O–H groups in total. The summed E-state index contributed by atoms with van der Waals surface area (Å²) in [5.41, 5.74) is 0. The van der Waals surface area contributed by atoms with Gasteiger partial charge < -0.3 is 19.7 Å². The van der Waals surface area contributed by atoms with Crippen LogP contribution in [-0.4, -0.2) is 62.1 Å². The third-order valence-corrected chi connectivity index (χ3v) is 5.86. The van der Waals surface area contributed by atoms with Gasteiger partial charge in [-0.3, -0.25) is 0 Å². The van der Waals surface area contributed by atoms with Crippen molar-refractivity contribution in [3.63, 3.8) is 0 Å². The molecule has 0 spiro atoms. The van der Waals surface area contributed by atoms with Crippen molar-refractivity contribution >= 4 is 12.3 Å². The van der Waals surface area contributed by atoms with Crippen molar-refractivity contribution in [2.45, 2.75) is 109 Å². The summed E-state index contributed by atoms with van der Waals surface area (Å²) in [6.07, 6.45) is 22.8. The van der Waals surface area contributed by atoms with E-state index >= 15 is 0 Å². The first-order valence-corrected chi connectivity index (χ1v) is 12.7. The maximum Gasteiger partial charge on any atom is 0.359 e. The molecule has 0 fully saturated rings. The van der Waals surface area contributed by atoms with Gasteiger partial charge in [0.25, 0.3) is 0 Å². The van der Waals surface area contributed by atoms with Crippen LogP contribution in [-0.2, 0) is 9.59 Å². The van der Waals surface area contributed by atoms with Crippen molar-refractivity contribution in [3.8, 4) is 0 Å². The van der Waals surface area contributed by atoms with Crippen molar-refractivity contribution in [3.05, 3.63) is 0 Å². The molecule has 0 atom stereocenters. The second-order valence-corrected chi connectivity index (χ2v) is 9.57. The van der Waals surface area contributed by atoms with E-state index in [2.05, 4.69) is 5.32 Å². The molecule has 0 heterocycles. The van der Waals surface area contributed by atoms with Crippen molar-refractivity contribution in [1.29, 1.82) is 0 Å². The summed E-state index contributed by atoms with van der Waals surface area (Å²) >= 11 is 0. The van der Waals surface area contributed by atoms with E-state index in [9.17, 15) is 9.59 Å². The number of carbonyl (C=O) groups is 2. The summed E-state index contributed by atoms with van der Waals surface area (Å²) in [6, 6.07) is 0. The molecule has 0 radical (unpaired) electrons. The van der Waals surface area contributed by atoms with Crippen LogP contribution in [0.25, 0.3) is 0 Å². The van der Waals surface area contributed by atoms with Gasteiger partial charge in [0, 0.05) is 19.4 Å². The molecule has 5 heteroatoms. The Balaban J connectivity index is 3.15. The van der Waals surface area contributed by atoms with E-state index in [1.54, 1.807) is 0 Å². The van der Waals surface area contributed by atoms with E-state index in [4.69, 9.17) is 5.11 Å². The van der Waals surface area contributed by atoms with Gasteiger partial charge in [0.15, 0.2) is 6.54 Å². The van der Waals surface area contributed by atoms with Crippen molar-refractivity contribution in [2.75, 3.05) is 40.3 Å². The first-order chi connectivity index (χ1) is 14.5. The average molecular weight is 428 g/mol. The zero-order valence-electron chi connectivity index (χ0n) is 20.1. The molecule has 30 heavy (non-hydrogen) atoms. The number of nitrogens with zero attached hydrogens (tertiary/aromatic N) is 1. The summed E-state index contributed by atoms with van der Waals surface area (Å²) in [5, 5.41) is 12.4. The SMILES string of the molecule is C[N+](C)(CCCNCCCCCCCCCCCCCCCCCC=O)CC(=O)O. The number of likely N-dealkylation sites (N-methyl/N-ethyl adjacent to an activating group) is 1. The van der Waals surface area contributed by atoms with Gasteiger partial charge >= 0.3 is 5.97 Å². The highest BCUT2D eigenvalue weighted by atomic mass is 16.4. The number of hydrogen-bond donors (Lipinski definition) is 2. The number of carbonyl (C=O) groups excluding carboxylic acids is 1. The monoisotopic (exact) mass is 427 g/mol. The fraction of sp³-hybridized carbons (Fsp3) is 0.920. The lowest BCUT2D eigenvalue weighted by atomic mass is 10.0. The molecule has 0 bridgehead atoms. The minimum absolute atomic E-state index is 0.199. The first kappa shape index (κ1) is 29.1. The van der Waals surface area contributed by atoms with Crippen LogP contribution >= 0.6 is 0 Å². The Morgan fingerprint density at radius 2 is 1.10 bits per heavy atom. The molecule has 0 aliphatic carbocycles. The predicted octanol–water partition coefficient (Wildman–Crippen LogP) is 5.57. The molecular formula is C25H51N2O3+. The highest BCUT2D eigenvalue weighted by Gasteiger charge is 2.18. The van der Waals surface area contributed by atoms with E-state index in [-0.39, 0.29) is 6.54 Å². The number of unbranched alkanes of at least 4 members (excludes halogenated alkanes) is 15. The number of carboxylic acids is 1. The van der Waals surface area contributed by atoms with Gasteiger partial charge in [-0.2, -0.15) is 0 Å². The number of carboxylic acid groups (broad SMARTS) is 1. The number of hydrogen-bond acceptors (Lipinski definition) is 3. The summed E-state index contributed by atoms with van der Waals surface area (Å²) < 4.78 is 0.556. The highest BCUT2D eigenvalue weighted by molar-refractivity contribution is 5.67. The summed E-state index contributed by atoms with van der Waals surface area (Å²) in [5.74, 6) is -0.720. The van der Waals surface area contributed by atoms with Gasteiger partial charge in [-0.05, 0) is 19.4 Å². The van der Waals surface area contributed by atoms with Crippen LogP contribution in [0, 0.1) is 0 Å². The van der Waals surface area contributed by atoms with Gasteiger partial charge in [0.05, 0.1) is 20.6 Å². The zero-order chi connectivity index (χ0) is 22.3. The second kappa shape index (κ2) is 21.3. The molecule has 178 valence electrons. The Kier molecular flexibility index (Phi) is 20.6. The van der Waals surface area contributed by atoms with Crippen molar-refractivity contribution < 1.29 is 19.2 Å². The fourth-order valence-electron chi connectivity index (χ4n) is 3.98. The lowest BCUT2D eigenvalue weighted by Crippen LogP contribution is -2.45. The Bertz CT molecular complexity index is 400. The van der Waals surface area contributed by atoms with E-state index in [1.807, 2.05) is 14.1 Å². The fourth-order valence-corrected chi connectivity index (χ4v) is 3.98. The molecule has 0 amide bonds. The zero-order valence-corrected chi connectivity index (χ0v) is 20.1. The third kappa shape index (κ3) is 23.3. The normalized spacial score (nSPS) is 11.7. The number of aldehydes is 1. The molecule has 0 aromatic heterocycles. The Labute approximate surface area is 186 Å². The lowest BCUT2D eigenvalue weighted by Gasteiger charge is -2.27. The summed E-state index contributed by atoms with van der Waals surface area (Å²) in [4.78, 5) is 21.0. The Hall–Kier alpha value is -0.940. The molecule has 0 aromatic rings. The van der Waals surface area contributed by atoms with Crippen LogP contribution < -0.4 is 5.32 Å². The minimum atomic E-state index is -0.720. The van der Waals surface area contributed by atoms with E-state index in [0.717, 1.165) is 45.2 Å². The number of rotatable bonds is 24. The largest absolute Gasteiger partial charge is 0.477 e. The van der Waals surface area contributed by atoms with Gasteiger partial charge in [-0.15, -0.1) is 0 Å². The third-order valence-electron chi connectivity index (χ3n) is 5.86. The van der Waals surface area contributed by atoms with Crippen LogP contribution in [0.3, 0.4) is 0 Å². The van der Waals surface area contributed by atoms with E-state index in [1.165, 1.54) is 89.9 Å². The van der Waals surface area contributed by atoms with Crippen LogP contribution in [0.5, 0.6) is 0 Å². The number of quaternary nitrogens is 1. The van der Waals surface area contributed by atoms with Crippen LogP contribution in [0.1, 0.15) is 109 Å². The molecule has 0 aromatic carbocycles. The smallest absolute Gasteiger partial charge is 0.359 e. The standard InChI is InChI=1S/C25H50N2O3/c1-27(2,24-25(29)30)22-19-21-26-20-17-15-13-11-9-7-5-3-4-6-8-10-12-14-16-18-23-28/h23,26H,3-22,24H2,1-2H3/p+1. The van der Waals surface area contributed by atoms with E-state index < -0.39 is 5.97 Å². The number of nitrogens with one attached hydrogen (secondary N) is 1. The minimum Gasteiger partial charge on any atom is -0.477 e. The quantitative estimate of drug-likeness (QED) is 0.120. The van der Waals surface area contributed by atoms with Crippen molar-refractivity contribution in [1.82, 2.24) is 5.32 Å². The second-order valence-electron chi connectivity index (χ2n) is 9.57. The Morgan fingerprint density at radius 3 is 1.53 bits per heavy atom. The topological polar surface area (TPSA) is 66.4 Å². The van der Waals surface area contributed by atoms with Gasteiger partial charge in [-0.25, -0.2) is 4.79 Å². The Morgan fingerprint density at radius 1 is 0.700 bits per heavy atom. The van der Waals surface area contributed by atoms with Gasteiger partial charge in [-0.1, -0.05) is 83.5 Å². The maximum atomic E-state index is 10.8. The molecule has 5 nitrogen and oxygen atoms in total. The predicted molar refractivity (Wildman–Crippen MR) is 127 cm³/mol. The molecule has 0 unspecified atom stereocenters. The highest BCUT2D eigenvalue weighted by Crippen LogP contribution is 2.13. The number of aliphatic carboxylic acids is 1. The van der Waals surface area contributed by atoms with Gasteiger partial charge in [0.1, 0.15) is 6.29 Å². The van der Waals surface area contributed by atoms with Crippen LogP contribution in [0.4, 0.5) is 0 Å². The van der Waals surface area contributed by atoms with Gasteiger partial charge in [0.2, 0.25) is 0 Å². The van der Waals surface area contributed by atoms with Crippen LogP contribution in [0.2, 0.25) is 0 Å². The molecule has 0 saturated heterocycles. The molecule has 0 aliphatic heterocycles. The van der Waals surface area contributed by atoms with Crippen molar-refractivity contribution in [2.24, 2.45) is 0 Å². The lowest BCUT2D eigenvalue weighted by molar-refractivity contribution is -0.883. The molecular weight excluding hydrogens is 376 g/mol. The molecule has 0 rings (SSSR count). The molecule has 0 aliphatic rings. The van der Waals surface area contributed by atoms with E-state index in [0.29, 0.717) is 4.48 Å². The molecule has 0 saturated carbocycles. The average Bonchev–Trinajstić information content (AvgIpc) is 2.68. The summed E-state index contributed by atoms with van der Waals surface area (Å²) in [6.45, 7) is 3.18.